The third kappa shape index (κ3) is 4.60. The Morgan fingerprint density at radius 3 is 2.72 bits per heavy atom. The van der Waals surface area contributed by atoms with Crippen molar-refractivity contribution in [3.05, 3.63) is 56.6 Å². The number of benzene rings is 2. The summed E-state index contributed by atoms with van der Waals surface area (Å²) in [6.07, 6.45) is 3.06. The number of hydrogen-bond acceptors (Lipinski definition) is 5. The van der Waals surface area contributed by atoms with Gasteiger partial charge in [-0.15, -0.1) is 0 Å². The van der Waals surface area contributed by atoms with Crippen LogP contribution in [-0.4, -0.2) is 35.9 Å². The van der Waals surface area contributed by atoms with Crippen LogP contribution in [0.1, 0.15) is 48.1 Å². The number of aliphatic imine (C=N–C) groups is 1. The predicted octanol–water partition coefficient (Wildman–Crippen LogP) is 4.17. The van der Waals surface area contributed by atoms with E-state index in [1.807, 2.05) is 13.0 Å². The van der Waals surface area contributed by atoms with Gasteiger partial charge >= 0.3 is 0 Å². The van der Waals surface area contributed by atoms with E-state index in [0.29, 0.717) is 28.8 Å². The van der Waals surface area contributed by atoms with Crippen molar-refractivity contribution in [3.63, 3.8) is 0 Å². The second kappa shape index (κ2) is 9.48. The van der Waals surface area contributed by atoms with E-state index in [1.165, 1.54) is 0 Å². The van der Waals surface area contributed by atoms with Gasteiger partial charge in [0.1, 0.15) is 12.3 Å². The number of fused-ring (bicyclic) bond motifs is 1. The largest absolute Gasteiger partial charge is 0.508 e. The lowest BCUT2D eigenvalue weighted by Crippen LogP contribution is -2.34. The zero-order chi connectivity index (χ0) is 22.8. The minimum atomic E-state index is -0.537. The SMILES string of the molecule is CCOC1CCCc2c(Cc3c(Cl)cc(NC(=O)C4=NCC(=O)N4)cc3Cl)ccc(O)c21. The first-order valence-electron chi connectivity index (χ1n) is 10.5. The molecule has 4 rings (SSSR count). The average molecular weight is 476 g/mol. The van der Waals surface area contributed by atoms with Gasteiger partial charge in [-0.05, 0) is 61.1 Å². The van der Waals surface area contributed by atoms with Gasteiger partial charge in [0.15, 0.2) is 5.84 Å². The van der Waals surface area contributed by atoms with Crippen LogP contribution in [0.25, 0.3) is 0 Å². The summed E-state index contributed by atoms with van der Waals surface area (Å²) in [6, 6.07) is 6.83. The zero-order valence-electron chi connectivity index (χ0n) is 17.5. The highest BCUT2D eigenvalue weighted by molar-refractivity contribution is 6.46. The Balaban J connectivity index is 1.59. The number of hydrogen-bond donors (Lipinski definition) is 3. The van der Waals surface area contributed by atoms with Gasteiger partial charge < -0.3 is 20.5 Å². The number of nitrogens with zero attached hydrogens (tertiary/aromatic N) is 1. The van der Waals surface area contributed by atoms with Gasteiger partial charge in [-0.1, -0.05) is 29.3 Å². The molecule has 1 aliphatic heterocycles. The van der Waals surface area contributed by atoms with E-state index in [2.05, 4.69) is 15.6 Å². The summed E-state index contributed by atoms with van der Waals surface area (Å²) in [6.45, 7) is 2.46. The second-order valence-corrected chi connectivity index (χ2v) is 8.55. The van der Waals surface area contributed by atoms with E-state index in [-0.39, 0.29) is 30.1 Å². The van der Waals surface area contributed by atoms with Crippen molar-refractivity contribution in [2.45, 2.75) is 38.7 Å². The summed E-state index contributed by atoms with van der Waals surface area (Å²) >= 11 is 13.1. The van der Waals surface area contributed by atoms with Crippen LogP contribution in [0, 0.1) is 0 Å². The Bertz CT molecular complexity index is 1090. The Hall–Kier alpha value is -2.61. The van der Waals surface area contributed by atoms with Gasteiger partial charge in [-0.2, -0.15) is 0 Å². The summed E-state index contributed by atoms with van der Waals surface area (Å²) < 4.78 is 5.86. The second-order valence-electron chi connectivity index (χ2n) is 7.73. The number of rotatable bonds is 6. The number of amidine groups is 1. The molecule has 0 saturated carbocycles. The third-order valence-corrected chi connectivity index (χ3v) is 6.31. The van der Waals surface area contributed by atoms with Crippen LogP contribution in [-0.2, 0) is 27.2 Å². The molecule has 0 radical (unpaired) electrons. The van der Waals surface area contributed by atoms with Gasteiger partial charge in [-0.25, -0.2) is 0 Å². The molecule has 9 heteroatoms. The summed E-state index contributed by atoms with van der Waals surface area (Å²) in [5, 5.41) is 16.3. The van der Waals surface area contributed by atoms with Crippen LogP contribution in [0.3, 0.4) is 0 Å². The number of carbonyl (C=O) groups excluding carboxylic acids is 2. The quantitative estimate of drug-likeness (QED) is 0.583. The molecular weight excluding hydrogens is 453 g/mol. The van der Waals surface area contributed by atoms with Crippen molar-refractivity contribution in [1.82, 2.24) is 5.32 Å². The van der Waals surface area contributed by atoms with Crippen LogP contribution in [0.5, 0.6) is 5.75 Å². The number of halogens is 2. The van der Waals surface area contributed by atoms with Crippen LogP contribution in [0.15, 0.2) is 29.3 Å². The van der Waals surface area contributed by atoms with E-state index < -0.39 is 5.91 Å². The van der Waals surface area contributed by atoms with Crippen molar-refractivity contribution in [2.75, 3.05) is 18.5 Å². The Labute approximate surface area is 195 Å². The van der Waals surface area contributed by atoms with Crippen molar-refractivity contribution in [2.24, 2.45) is 4.99 Å². The van der Waals surface area contributed by atoms with E-state index in [0.717, 1.165) is 41.5 Å². The Morgan fingerprint density at radius 1 is 1.31 bits per heavy atom. The van der Waals surface area contributed by atoms with E-state index in [4.69, 9.17) is 27.9 Å². The first kappa shape index (κ1) is 22.6. The molecular formula is C23H23Cl2N3O4. The fraction of sp³-hybridized carbons (Fsp3) is 0.348. The monoisotopic (exact) mass is 475 g/mol. The number of anilines is 1. The van der Waals surface area contributed by atoms with E-state index in [1.54, 1.807) is 18.2 Å². The summed E-state index contributed by atoms with van der Waals surface area (Å²) in [5.41, 5.74) is 4.09. The van der Waals surface area contributed by atoms with Gasteiger partial charge in [-0.3, -0.25) is 14.6 Å². The maximum Gasteiger partial charge on any atom is 0.291 e. The molecule has 0 aromatic heterocycles. The number of nitrogens with one attached hydrogen (secondary N) is 2. The number of phenols is 1. The van der Waals surface area contributed by atoms with Gasteiger partial charge in [0.05, 0.1) is 6.10 Å². The standard InChI is InChI=1S/C23H23Cl2N3O4/c1-2-32-19-5-3-4-14-12(6-7-18(29)21(14)19)8-15-16(24)9-13(10-17(15)25)27-23(31)22-26-11-20(30)28-22/h6-7,9-10,19,29H,2-5,8,11H2,1H3,(H,27,31)(H,26,28,30). The normalized spacial score (nSPS) is 17.5. The summed E-state index contributed by atoms with van der Waals surface area (Å²) in [5.74, 6) is -0.652. The predicted molar refractivity (Wildman–Crippen MR) is 124 cm³/mol. The number of phenolic OH excluding ortho intramolecular Hbond substituents is 1. The lowest BCUT2D eigenvalue weighted by molar-refractivity contribution is -0.118. The highest BCUT2D eigenvalue weighted by atomic mass is 35.5. The molecule has 1 unspecified atom stereocenters. The average Bonchev–Trinajstić information content (AvgIpc) is 3.19. The highest BCUT2D eigenvalue weighted by Gasteiger charge is 2.27. The molecule has 0 fully saturated rings. The fourth-order valence-electron chi connectivity index (χ4n) is 4.21. The van der Waals surface area contributed by atoms with Crippen LogP contribution in [0.4, 0.5) is 5.69 Å². The Morgan fingerprint density at radius 2 is 2.06 bits per heavy atom. The molecule has 2 aromatic carbocycles. The molecule has 1 heterocycles. The number of ether oxygens (including phenoxy) is 1. The molecule has 0 saturated heterocycles. The highest BCUT2D eigenvalue weighted by Crippen LogP contribution is 2.41. The maximum absolute atomic E-state index is 12.3. The minimum absolute atomic E-state index is 0.0362. The molecule has 7 nitrogen and oxygen atoms in total. The van der Waals surface area contributed by atoms with Gasteiger partial charge in [0.2, 0.25) is 5.91 Å². The first-order valence-corrected chi connectivity index (χ1v) is 11.2. The molecule has 32 heavy (non-hydrogen) atoms. The number of carbonyl (C=O) groups is 2. The number of amides is 2. The van der Waals surface area contributed by atoms with Gasteiger partial charge in [0.25, 0.3) is 5.91 Å². The molecule has 2 amide bonds. The molecule has 1 aliphatic carbocycles. The van der Waals surface area contributed by atoms with Crippen molar-refractivity contribution >= 4 is 46.5 Å². The van der Waals surface area contributed by atoms with Crippen LogP contribution in [0.2, 0.25) is 10.0 Å². The van der Waals surface area contributed by atoms with Crippen molar-refractivity contribution in [3.8, 4) is 5.75 Å². The van der Waals surface area contributed by atoms with Crippen LogP contribution >= 0.6 is 23.2 Å². The Kier molecular flexibility index (Phi) is 6.69. The molecule has 2 aromatic rings. The van der Waals surface area contributed by atoms with Crippen LogP contribution < -0.4 is 10.6 Å². The lowest BCUT2D eigenvalue weighted by Gasteiger charge is -2.28. The van der Waals surface area contributed by atoms with Crippen molar-refractivity contribution in [1.29, 1.82) is 0 Å². The fourth-order valence-corrected chi connectivity index (χ4v) is 4.83. The van der Waals surface area contributed by atoms with E-state index in [9.17, 15) is 14.7 Å². The molecule has 3 N–H and O–H groups in total. The molecule has 0 spiro atoms. The molecule has 1 atom stereocenters. The first-order chi connectivity index (χ1) is 15.4. The summed E-state index contributed by atoms with van der Waals surface area (Å²) in [7, 11) is 0. The van der Waals surface area contributed by atoms with Crippen molar-refractivity contribution < 1.29 is 19.4 Å². The topological polar surface area (TPSA) is 100 Å². The minimum Gasteiger partial charge on any atom is -0.508 e. The summed E-state index contributed by atoms with van der Waals surface area (Å²) in [4.78, 5) is 27.3. The number of aromatic hydroxyl groups is 1. The van der Waals surface area contributed by atoms with Gasteiger partial charge in [0, 0.05) is 34.3 Å². The molecule has 2 aliphatic rings. The molecule has 168 valence electrons. The third-order valence-electron chi connectivity index (χ3n) is 5.63. The lowest BCUT2D eigenvalue weighted by atomic mass is 9.84. The molecule has 0 bridgehead atoms. The van der Waals surface area contributed by atoms with E-state index >= 15 is 0 Å². The smallest absolute Gasteiger partial charge is 0.291 e. The zero-order valence-corrected chi connectivity index (χ0v) is 19.0. The maximum atomic E-state index is 12.3.